The van der Waals surface area contributed by atoms with Crippen LogP contribution in [0.25, 0.3) is 10.1 Å². The lowest BCUT2D eigenvalue weighted by Crippen LogP contribution is -1.86. The summed E-state index contributed by atoms with van der Waals surface area (Å²) in [5.74, 6) is -0.0267. The van der Waals surface area contributed by atoms with Crippen LogP contribution in [0, 0.1) is 0 Å². The molecular formula is C10H7NOS. The molecule has 0 saturated carbocycles. The molecule has 13 heavy (non-hydrogen) atoms. The molecule has 0 bridgehead atoms. The molecule has 0 unspecified atom stereocenters. The molecular weight excluding hydrogens is 182 g/mol. The topological polar surface area (TPSA) is 30.0 Å². The number of hydrogen-bond acceptors (Lipinski definition) is 3. The van der Waals surface area contributed by atoms with Crippen molar-refractivity contribution >= 4 is 27.2 Å². The third kappa shape index (κ3) is 1.38. The van der Waals surface area contributed by atoms with Gasteiger partial charge < -0.3 is 0 Å². The minimum absolute atomic E-state index is 0.0267. The molecule has 0 aliphatic rings. The van der Waals surface area contributed by atoms with E-state index in [2.05, 4.69) is 11.6 Å². The lowest BCUT2D eigenvalue weighted by atomic mass is 10.2. The molecule has 0 spiro atoms. The van der Waals surface area contributed by atoms with E-state index < -0.39 is 0 Å². The van der Waals surface area contributed by atoms with Crippen LogP contribution in [-0.2, 0) is 0 Å². The Kier molecular flexibility index (Phi) is 1.94. The SMILES string of the molecule is C=CC(=O)c1cc2ccncc2s1. The van der Waals surface area contributed by atoms with E-state index in [0.717, 1.165) is 15.0 Å². The molecule has 2 aromatic heterocycles. The maximum Gasteiger partial charge on any atom is 0.195 e. The summed E-state index contributed by atoms with van der Waals surface area (Å²) in [7, 11) is 0. The zero-order valence-corrected chi connectivity index (χ0v) is 7.67. The number of allylic oxidation sites excluding steroid dienone is 1. The van der Waals surface area contributed by atoms with Crippen molar-refractivity contribution < 1.29 is 4.79 Å². The van der Waals surface area contributed by atoms with Crippen LogP contribution < -0.4 is 0 Å². The Morgan fingerprint density at radius 1 is 1.62 bits per heavy atom. The van der Waals surface area contributed by atoms with Gasteiger partial charge in [-0.2, -0.15) is 0 Å². The first kappa shape index (κ1) is 8.13. The van der Waals surface area contributed by atoms with E-state index in [0.29, 0.717) is 0 Å². The summed E-state index contributed by atoms with van der Waals surface area (Å²) in [6.07, 6.45) is 4.81. The number of aromatic nitrogens is 1. The van der Waals surface area contributed by atoms with Gasteiger partial charge in [-0.3, -0.25) is 9.78 Å². The van der Waals surface area contributed by atoms with Gasteiger partial charge >= 0.3 is 0 Å². The highest BCUT2D eigenvalue weighted by molar-refractivity contribution is 7.20. The van der Waals surface area contributed by atoms with Gasteiger partial charge in [0, 0.05) is 12.4 Å². The van der Waals surface area contributed by atoms with Gasteiger partial charge in [-0.1, -0.05) is 6.58 Å². The summed E-state index contributed by atoms with van der Waals surface area (Å²) in [5.41, 5.74) is 0. The number of carbonyl (C=O) groups is 1. The standard InChI is InChI=1S/C10H7NOS/c1-2-8(12)9-5-7-3-4-11-6-10(7)13-9/h2-6H,1H2. The van der Waals surface area contributed by atoms with Crippen molar-refractivity contribution in [1.82, 2.24) is 4.98 Å². The van der Waals surface area contributed by atoms with E-state index in [4.69, 9.17) is 0 Å². The fourth-order valence-corrected chi connectivity index (χ4v) is 2.07. The zero-order valence-electron chi connectivity index (χ0n) is 6.86. The number of nitrogens with zero attached hydrogens (tertiary/aromatic N) is 1. The normalized spacial score (nSPS) is 10.2. The van der Waals surface area contributed by atoms with Crippen molar-refractivity contribution in [3.8, 4) is 0 Å². The van der Waals surface area contributed by atoms with Crippen LogP contribution in [-0.4, -0.2) is 10.8 Å². The highest BCUT2D eigenvalue weighted by Crippen LogP contribution is 2.24. The zero-order chi connectivity index (χ0) is 9.26. The Morgan fingerprint density at radius 3 is 3.15 bits per heavy atom. The van der Waals surface area contributed by atoms with E-state index in [1.807, 2.05) is 12.1 Å². The van der Waals surface area contributed by atoms with Crippen molar-refractivity contribution in [1.29, 1.82) is 0 Å². The average molecular weight is 189 g/mol. The second-order valence-corrected chi connectivity index (χ2v) is 3.68. The van der Waals surface area contributed by atoms with Gasteiger partial charge in [0.05, 0.1) is 9.58 Å². The maximum absolute atomic E-state index is 11.3. The van der Waals surface area contributed by atoms with E-state index in [9.17, 15) is 4.79 Å². The van der Waals surface area contributed by atoms with Crippen molar-refractivity contribution in [3.05, 3.63) is 42.1 Å². The largest absolute Gasteiger partial charge is 0.288 e. The molecule has 0 amide bonds. The fourth-order valence-electron chi connectivity index (χ4n) is 1.11. The van der Waals surface area contributed by atoms with Gasteiger partial charge in [0.25, 0.3) is 0 Å². The van der Waals surface area contributed by atoms with E-state index >= 15 is 0 Å². The Labute approximate surface area is 79.5 Å². The number of thiophene rings is 1. The van der Waals surface area contributed by atoms with Crippen LogP contribution in [0.2, 0.25) is 0 Å². The lowest BCUT2D eigenvalue weighted by molar-refractivity contribution is 0.105. The summed E-state index contributed by atoms with van der Waals surface area (Å²) >= 11 is 1.45. The highest BCUT2D eigenvalue weighted by Gasteiger charge is 2.05. The molecule has 2 aromatic rings. The number of rotatable bonds is 2. The van der Waals surface area contributed by atoms with Crippen molar-refractivity contribution in [2.24, 2.45) is 0 Å². The molecule has 2 heterocycles. The number of ketones is 1. The second-order valence-electron chi connectivity index (χ2n) is 2.59. The first-order chi connectivity index (χ1) is 6.31. The molecule has 0 saturated heterocycles. The van der Waals surface area contributed by atoms with Crippen LogP contribution >= 0.6 is 11.3 Å². The number of fused-ring (bicyclic) bond motifs is 1. The monoisotopic (exact) mass is 189 g/mol. The van der Waals surface area contributed by atoms with Crippen LogP contribution in [0.5, 0.6) is 0 Å². The van der Waals surface area contributed by atoms with Gasteiger partial charge in [0.15, 0.2) is 5.78 Å². The molecule has 0 radical (unpaired) electrons. The van der Waals surface area contributed by atoms with Gasteiger partial charge in [-0.05, 0) is 23.6 Å². The van der Waals surface area contributed by atoms with Crippen LogP contribution in [0.3, 0.4) is 0 Å². The molecule has 2 rings (SSSR count). The lowest BCUT2D eigenvalue weighted by Gasteiger charge is -1.82. The molecule has 64 valence electrons. The molecule has 0 aromatic carbocycles. The molecule has 2 nitrogen and oxygen atoms in total. The Morgan fingerprint density at radius 2 is 2.46 bits per heavy atom. The Hall–Kier alpha value is -1.48. The van der Waals surface area contributed by atoms with Crippen molar-refractivity contribution in [2.45, 2.75) is 0 Å². The summed E-state index contributed by atoms with van der Waals surface area (Å²) < 4.78 is 1.03. The minimum Gasteiger partial charge on any atom is -0.288 e. The van der Waals surface area contributed by atoms with Crippen LogP contribution in [0.15, 0.2) is 37.2 Å². The van der Waals surface area contributed by atoms with Gasteiger partial charge in [0.2, 0.25) is 0 Å². The predicted octanol–water partition coefficient (Wildman–Crippen LogP) is 2.67. The smallest absolute Gasteiger partial charge is 0.195 e. The third-order valence-corrected chi connectivity index (χ3v) is 2.85. The first-order valence-electron chi connectivity index (χ1n) is 3.81. The molecule has 0 atom stereocenters. The number of pyridine rings is 1. The molecule has 0 fully saturated rings. The van der Waals surface area contributed by atoms with Crippen molar-refractivity contribution in [2.75, 3.05) is 0 Å². The maximum atomic E-state index is 11.3. The molecule has 0 aliphatic carbocycles. The average Bonchev–Trinajstić information content (AvgIpc) is 2.59. The minimum atomic E-state index is -0.0267. The van der Waals surface area contributed by atoms with Gasteiger partial charge in [-0.25, -0.2) is 0 Å². The Balaban J connectivity index is 2.62. The van der Waals surface area contributed by atoms with Crippen molar-refractivity contribution in [3.63, 3.8) is 0 Å². The summed E-state index contributed by atoms with van der Waals surface area (Å²) in [6.45, 7) is 3.45. The summed E-state index contributed by atoms with van der Waals surface area (Å²) in [6, 6.07) is 3.76. The van der Waals surface area contributed by atoms with E-state index in [-0.39, 0.29) is 5.78 Å². The quantitative estimate of drug-likeness (QED) is 0.537. The summed E-state index contributed by atoms with van der Waals surface area (Å²) in [4.78, 5) is 16.0. The second kappa shape index (κ2) is 3.11. The molecule has 0 N–H and O–H groups in total. The van der Waals surface area contributed by atoms with Crippen LogP contribution in [0.1, 0.15) is 9.67 Å². The number of hydrogen-bond donors (Lipinski definition) is 0. The summed E-state index contributed by atoms with van der Waals surface area (Å²) in [5, 5.41) is 1.06. The van der Waals surface area contributed by atoms with Gasteiger partial charge in [-0.15, -0.1) is 11.3 Å². The third-order valence-electron chi connectivity index (χ3n) is 1.75. The van der Waals surface area contributed by atoms with E-state index in [1.54, 1.807) is 12.4 Å². The van der Waals surface area contributed by atoms with Gasteiger partial charge in [0.1, 0.15) is 0 Å². The predicted molar refractivity (Wildman–Crippen MR) is 54.1 cm³/mol. The molecule has 0 aliphatic heterocycles. The number of carbonyl (C=O) groups excluding carboxylic acids is 1. The fraction of sp³-hybridized carbons (Fsp3) is 0. The molecule has 3 heteroatoms. The van der Waals surface area contributed by atoms with Crippen LogP contribution in [0.4, 0.5) is 0 Å². The first-order valence-corrected chi connectivity index (χ1v) is 4.63. The Bertz CT molecular complexity index is 439. The highest BCUT2D eigenvalue weighted by atomic mass is 32.1. The van der Waals surface area contributed by atoms with E-state index in [1.165, 1.54) is 17.4 Å².